The van der Waals surface area contributed by atoms with Crippen molar-refractivity contribution in [1.29, 1.82) is 0 Å². The van der Waals surface area contributed by atoms with Gasteiger partial charge in [0.1, 0.15) is 29.7 Å². The van der Waals surface area contributed by atoms with E-state index in [1.165, 1.54) is 25.2 Å². The van der Waals surface area contributed by atoms with E-state index in [9.17, 15) is 26.8 Å². The van der Waals surface area contributed by atoms with E-state index < -0.39 is 27.6 Å². The zero-order valence-electron chi connectivity index (χ0n) is 20.7. The molecule has 0 spiro atoms. The molecule has 2 amide bonds. The number of nitrogens with one attached hydrogen (secondary N) is 2. The van der Waals surface area contributed by atoms with Crippen molar-refractivity contribution in [1.82, 2.24) is 10.0 Å². The predicted molar refractivity (Wildman–Crippen MR) is 136 cm³/mol. The van der Waals surface area contributed by atoms with Crippen LogP contribution in [0.5, 0.6) is 11.5 Å². The number of sulfonamides is 1. The summed E-state index contributed by atoms with van der Waals surface area (Å²) in [6.45, 7) is 0.255. The Morgan fingerprint density at radius 1 is 0.895 bits per heavy atom. The third kappa shape index (κ3) is 7.28. The van der Waals surface area contributed by atoms with Gasteiger partial charge in [0.15, 0.2) is 0 Å². The lowest BCUT2D eigenvalue weighted by Crippen LogP contribution is -2.29. The largest absolute Gasteiger partial charge is 0.493 e. The monoisotopic (exact) mass is 544 g/mol. The lowest BCUT2D eigenvalue weighted by atomic mass is 10.0. The van der Waals surface area contributed by atoms with Crippen LogP contribution in [-0.4, -0.2) is 40.1 Å². The molecule has 3 aromatic carbocycles. The Balaban J connectivity index is 1.54. The van der Waals surface area contributed by atoms with Crippen LogP contribution in [0.25, 0.3) is 11.1 Å². The predicted octanol–water partition coefficient (Wildman–Crippen LogP) is 4.05. The fourth-order valence-electron chi connectivity index (χ4n) is 3.63. The SMILES string of the molecule is CNC(=O)c1cc(OCC2CC2)cc(-c2cc(F)cc(OCc3ccc(C(=O)NS(C)(=O)=O)cc3F)c2)c1. The van der Waals surface area contributed by atoms with Crippen molar-refractivity contribution in [3.05, 3.63) is 82.9 Å². The summed E-state index contributed by atoms with van der Waals surface area (Å²) in [4.78, 5) is 24.2. The molecule has 2 N–H and O–H groups in total. The molecule has 0 saturated heterocycles. The highest BCUT2D eigenvalue weighted by Gasteiger charge is 2.22. The standard InChI is InChI=1S/C27H26F2N2O6S/c1-30-26(32)21-7-19(9-23(11-21)36-14-16-3-4-16)20-8-22(28)13-24(10-20)37-15-18-6-5-17(12-25(18)29)27(33)31-38(2,34)35/h5-13,16H,3-4,14-15H2,1-2H3,(H,30,32)(H,31,33). The number of carbonyl (C=O) groups is 2. The van der Waals surface area contributed by atoms with Crippen molar-refractivity contribution in [2.45, 2.75) is 19.4 Å². The molecule has 0 aromatic heterocycles. The van der Waals surface area contributed by atoms with E-state index in [0.717, 1.165) is 31.2 Å². The van der Waals surface area contributed by atoms with E-state index in [1.54, 1.807) is 29.0 Å². The summed E-state index contributed by atoms with van der Waals surface area (Å²) in [7, 11) is -2.29. The van der Waals surface area contributed by atoms with Gasteiger partial charge in [-0.3, -0.25) is 9.59 Å². The maximum atomic E-state index is 14.6. The fourth-order valence-corrected chi connectivity index (χ4v) is 4.08. The van der Waals surface area contributed by atoms with E-state index in [4.69, 9.17) is 9.47 Å². The van der Waals surface area contributed by atoms with Crippen LogP contribution < -0.4 is 19.5 Å². The summed E-state index contributed by atoms with van der Waals surface area (Å²) in [5.41, 5.74) is 1.21. The minimum Gasteiger partial charge on any atom is -0.493 e. The number of hydrogen-bond donors (Lipinski definition) is 2. The molecule has 1 saturated carbocycles. The van der Waals surface area contributed by atoms with Crippen LogP contribution in [0.15, 0.2) is 54.6 Å². The van der Waals surface area contributed by atoms with Gasteiger partial charge in [-0.15, -0.1) is 0 Å². The summed E-state index contributed by atoms with van der Waals surface area (Å²) in [6.07, 6.45) is 3.01. The lowest BCUT2D eigenvalue weighted by Gasteiger charge is -2.13. The smallest absolute Gasteiger partial charge is 0.264 e. The van der Waals surface area contributed by atoms with Gasteiger partial charge in [-0.05, 0) is 72.4 Å². The summed E-state index contributed by atoms with van der Waals surface area (Å²) in [5, 5.41) is 2.57. The van der Waals surface area contributed by atoms with Crippen LogP contribution in [0.2, 0.25) is 0 Å². The van der Waals surface area contributed by atoms with Crippen LogP contribution in [0.1, 0.15) is 39.1 Å². The maximum Gasteiger partial charge on any atom is 0.264 e. The molecule has 1 fully saturated rings. The first-order valence-electron chi connectivity index (χ1n) is 11.7. The summed E-state index contributed by atoms with van der Waals surface area (Å²) in [5.74, 6) is -1.57. The van der Waals surface area contributed by atoms with Crippen LogP contribution in [0.4, 0.5) is 8.78 Å². The number of carbonyl (C=O) groups excluding carboxylic acids is 2. The molecule has 8 nitrogen and oxygen atoms in total. The Kier molecular flexibility index (Phi) is 7.96. The van der Waals surface area contributed by atoms with Gasteiger partial charge in [-0.25, -0.2) is 21.9 Å². The highest BCUT2D eigenvalue weighted by atomic mass is 32.2. The molecular formula is C27H26F2N2O6S. The van der Waals surface area contributed by atoms with Gasteiger partial charge in [0, 0.05) is 29.8 Å². The van der Waals surface area contributed by atoms with E-state index in [1.807, 2.05) is 0 Å². The minimum absolute atomic E-state index is 0.0732. The second kappa shape index (κ2) is 11.2. The average molecular weight is 545 g/mol. The van der Waals surface area contributed by atoms with Crippen molar-refractivity contribution >= 4 is 21.8 Å². The van der Waals surface area contributed by atoms with Gasteiger partial charge in [0.2, 0.25) is 10.0 Å². The number of hydrogen-bond acceptors (Lipinski definition) is 6. The fraction of sp³-hybridized carbons (Fsp3) is 0.259. The molecule has 0 radical (unpaired) electrons. The van der Waals surface area contributed by atoms with Crippen LogP contribution >= 0.6 is 0 Å². The molecule has 4 rings (SSSR count). The minimum atomic E-state index is -3.80. The van der Waals surface area contributed by atoms with Gasteiger partial charge in [-0.2, -0.15) is 0 Å². The third-order valence-corrected chi connectivity index (χ3v) is 6.33. The summed E-state index contributed by atoms with van der Waals surface area (Å²) < 4.78 is 64.8. The summed E-state index contributed by atoms with van der Waals surface area (Å²) in [6, 6.07) is 12.4. The Morgan fingerprint density at radius 3 is 2.21 bits per heavy atom. The van der Waals surface area contributed by atoms with Gasteiger partial charge in [0.25, 0.3) is 11.8 Å². The normalized spacial score (nSPS) is 13.1. The topological polar surface area (TPSA) is 111 Å². The molecule has 0 aliphatic heterocycles. The lowest BCUT2D eigenvalue weighted by molar-refractivity contribution is 0.0959. The molecule has 3 aromatic rings. The van der Waals surface area contributed by atoms with Gasteiger partial charge < -0.3 is 14.8 Å². The molecular weight excluding hydrogens is 518 g/mol. The number of amides is 2. The molecule has 11 heteroatoms. The Bertz CT molecular complexity index is 1490. The van der Waals surface area contributed by atoms with E-state index >= 15 is 0 Å². The van der Waals surface area contributed by atoms with Crippen LogP contribution in [0, 0.1) is 17.6 Å². The van der Waals surface area contributed by atoms with E-state index in [0.29, 0.717) is 35.0 Å². The van der Waals surface area contributed by atoms with Crippen molar-refractivity contribution < 1.29 is 36.3 Å². The highest BCUT2D eigenvalue weighted by molar-refractivity contribution is 7.89. The molecule has 0 atom stereocenters. The molecule has 1 aliphatic rings. The van der Waals surface area contributed by atoms with E-state index in [2.05, 4.69) is 5.32 Å². The number of benzene rings is 3. The van der Waals surface area contributed by atoms with Crippen molar-refractivity contribution in [3.8, 4) is 22.6 Å². The zero-order valence-corrected chi connectivity index (χ0v) is 21.5. The molecule has 200 valence electrons. The van der Waals surface area contributed by atoms with Crippen molar-refractivity contribution in [2.75, 3.05) is 19.9 Å². The number of rotatable bonds is 10. The van der Waals surface area contributed by atoms with Crippen LogP contribution in [-0.2, 0) is 16.6 Å². The molecule has 1 aliphatic carbocycles. The highest BCUT2D eigenvalue weighted by Crippen LogP contribution is 2.33. The molecule has 0 heterocycles. The van der Waals surface area contributed by atoms with E-state index in [-0.39, 0.29) is 29.4 Å². The van der Waals surface area contributed by atoms with Gasteiger partial charge in [0.05, 0.1) is 12.9 Å². The zero-order chi connectivity index (χ0) is 27.4. The number of halogens is 2. The van der Waals surface area contributed by atoms with Crippen LogP contribution in [0.3, 0.4) is 0 Å². The third-order valence-electron chi connectivity index (χ3n) is 5.77. The first-order valence-corrected chi connectivity index (χ1v) is 13.6. The Hall–Kier alpha value is -3.99. The molecule has 0 unspecified atom stereocenters. The first kappa shape index (κ1) is 27.1. The van der Waals surface area contributed by atoms with Gasteiger partial charge in [-0.1, -0.05) is 6.07 Å². The molecule has 0 bridgehead atoms. The molecule has 38 heavy (non-hydrogen) atoms. The second-order valence-corrected chi connectivity index (χ2v) is 10.8. The Labute approximate surface area is 219 Å². The van der Waals surface area contributed by atoms with Gasteiger partial charge >= 0.3 is 0 Å². The quantitative estimate of drug-likeness (QED) is 0.399. The van der Waals surface area contributed by atoms with Crippen molar-refractivity contribution in [3.63, 3.8) is 0 Å². The number of ether oxygens (including phenoxy) is 2. The second-order valence-electron chi connectivity index (χ2n) is 9.05. The summed E-state index contributed by atoms with van der Waals surface area (Å²) >= 11 is 0. The Morgan fingerprint density at radius 2 is 1.58 bits per heavy atom. The average Bonchev–Trinajstić information content (AvgIpc) is 3.69. The first-order chi connectivity index (χ1) is 18.0. The maximum absolute atomic E-state index is 14.6. The van der Waals surface area contributed by atoms with Crippen molar-refractivity contribution in [2.24, 2.45) is 5.92 Å².